The molecular formula is C22H18ClN3. The number of hydrogen-bond acceptors (Lipinski definition) is 3. The molecule has 4 heteroatoms. The highest BCUT2D eigenvalue weighted by Crippen LogP contribution is 2.19. The average Bonchev–Trinajstić information content (AvgIpc) is 2.68. The standard InChI is InChI=1S/C22H18ClN3/c1-16(18-12-5-3-6-13-18)10-9-11-17(2)20-24-21(26-22(23)25-20)19-14-7-4-8-15-19/h3-15H,2H2,1H3/b11-9-,16-10+. The minimum Gasteiger partial charge on any atom is -0.208 e. The summed E-state index contributed by atoms with van der Waals surface area (Å²) < 4.78 is 0. The van der Waals surface area contributed by atoms with Gasteiger partial charge in [0.25, 0.3) is 0 Å². The first-order valence-corrected chi connectivity index (χ1v) is 8.58. The van der Waals surface area contributed by atoms with Crippen LogP contribution < -0.4 is 0 Å². The van der Waals surface area contributed by atoms with Gasteiger partial charge in [-0.25, -0.2) is 4.98 Å². The summed E-state index contributed by atoms with van der Waals surface area (Å²) in [5.74, 6) is 0.997. The molecule has 3 aromatic rings. The van der Waals surface area contributed by atoms with Gasteiger partial charge in [-0.3, -0.25) is 0 Å². The van der Waals surface area contributed by atoms with Crippen LogP contribution in [0, 0.1) is 0 Å². The Morgan fingerprint density at radius 3 is 2.27 bits per heavy atom. The highest BCUT2D eigenvalue weighted by Gasteiger charge is 2.08. The van der Waals surface area contributed by atoms with Crippen molar-refractivity contribution in [1.29, 1.82) is 0 Å². The molecule has 0 bridgehead atoms. The summed E-state index contributed by atoms with van der Waals surface area (Å²) in [5.41, 5.74) is 3.89. The van der Waals surface area contributed by atoms with E-state index >= 15 is 0 Å². The van der Waals surface area contributed by atoms with Crippen molar-refractivity contribution < 1.29 is 0 Å². The fraction of sp³-hybridized carbons (Fsp3) is 0.0455. The van der Waals surface area contributed by atoms with Gasteiger partial charge in [0.2, 0.25) is 5.28 Å². The van der Waals surface area contributed by atoms with Crippen LogP contribution in [-0.4, -0.2) is 15.0 Å². The molecule has 128 valence electrons. The van der Waals surface area contributed by atoms with E-state index in [1.165, 1.54) is 5.56 Å². The van der Waals surface area contributed by atoms with E-state index in [2.05, 4.69) is 40.6 Å². The van der Waals surface area contributed by atoms with Crippen molar-refractivity contribution >= 4 is 22.7 Å². The van der Waals surface area contributed by atoms with Crippen molar-refractivity contribution in [2.24, 2.45) is 0 Å². The lowest BCUT2D eigenvalue weighted by atomic mass is 10.1. The molecule has 26 heavy (non-hydrogen) atoms. The Hall–Kier alpha value is -3.04. The van der Waals surface area contributed by atoms with E-state index in [1.54, 1.807) is 0 Å². The number of rotatable bonds is 5. The molecule has 2 aromatic carbocycles. The van der Waals surface area contributed by atoms with Crippen molar-refractivity contribution in [3.8, 4) is 11.4 Å². The van der Waals surface area contributed by atoms with Crippen molar-refractivity contribution in [2.75, 3.05) is 0 Å². The van der Waals surface area contributed by atoms with Gasteiger partial charge in [0.05, 0.1) is 0 Å². The number of aromatic nitrogens is 3. The Morgan fingerprint density at radius 2 is 1.58 bits per heavy atom. The molecule has 3 nitrogen and oxygen atoms in total. The Morgan fingerprint density at radius 1 is 0.923 bits per heavy atom. The van der Waals surface area contributed by atoms with Crippen molar-refractivity contribution in [3.05, 3.63) is 102 Å². The van der Waals surface area contributed by atoms with E-state index in [-0.39, 0.29) is 5.28 Å². The van der Waals surface area contributed by atoms with Crippen molar-refractivity contribution in [1.82, 2.24) is 15.0 Å². The summed E-state index contributed by atoms with van der Waals surface area (Å²) in [7, 11) is 0. The zero-order valence-corrected chi connectivity index (χ0v) is 15.2. The predicted molar refractivity (Wildman–Crippen MR) is 109 cm³/mol. The first-order valence-electron chi connectivity index (χ1n) is 8.20. The van der Waals surface area contributed by atoms with Gasteiger partial charge in [-0.05, 0) is 29.7 Å². The molecule has 3 rings (SSSR count). The van der Waals surface area contributed by atoms with Gasteiger partial charge in [-0.15, -0.1) is 0 Å². The first kappa shape index (κ1) is 17.8. The van der Waals surface area contributed by atoms with Gasteiger partial charge >= 0.3 is 0 Å². The maximum Gasteiger partial charge on any atom is 0.226 e. The Kier molecular flexibility index (Phi) is 5.72. The molecule has 0 saturated carbocycles. The third-order valence-corrected chi connectivity index (χ3v) is 3.97. The van der Waals surface area contributed by atoms with Gasteiger partial charge in [0, 0.05) is 11.1 Å². The molecule has 0 saturated heterocycles. The third-order valence-electron chi connectivity index (χ3n) is 3.80. The molecule has 1 aromatic heterocycles. The highest BCUT2D eigenvalue weighted by molar-refractivity contribution is 6.28. The summed E-state index contributed by atoms with van der Waals surface area (Å²) >= 11 is 6.07. The molecule has 0 aliphatic heterocycles. The van der Waals surface area contributed by atoms with Crippen LogP contribution in [0.2, 0.25) is 5.28 Å². The van der Waals surface area contributed by atoms with E-state index in [0.29, 0.717) is 17.2 Å². The van der Waals surface area contributed by atoms with Gasteiger partial charge in [0.1, 0.15) is 0 Å². The molecule has 0 N–H and O–H groups in total. The zero-order valence-electron chi connectivity index (χ0n) is 14.4. The summed E-state index contributed by atoms with van der Waals surface area (Å²) in [6.45, 7) is 6.11. The quantitative estimate of drug-likeness (QED) is 0.535. The van der Waals surface area contributed by atoms with Crippen molar-refractivity contribution in [2.45, 2.75) is 6.92 Å². The maximum atomic E-state index is 6.07. The van der Waals surface area contributed by atoms with E-state index < -0.39 is 0 Å². The first-order chi connectivity index (χ1) is 12.6. The highest BCUT2D eigenvalue weighted by atomic mass is 35.5. The van der Waals surface area contributed by atoms with E-state index in [0.717, 1.165) is 11.1 Å². The number of hydrogen-bond donors (Lipinski definition) is 0. The summed E-state index contributed by atoms with van der Waals surface area (Å²) in [6.07, 6.45) is 5.83. The Bertz CT molecular complexity index is 961. The fourth-order valence-corrected chi connectivity index (χ4v) is 2.55. The van der Waals surface area contributed by atoms with E-state index in [1.807, 2.05) is 66.8 Å². The average molecular weight is 360 g/mol. The van der Waals surface area contributed by atoms with Crippen LogP contribution in [0.1, 0.15) is 18.3 Å². The molecule has 0 unspecified atom stereocenters. The van der Waals surface area contributed by atoms with Crippen LogP contribution in [0.25, 0.3) is 22.5 Å². The van der Waals surface area contributed by atoms with Crippen LogP contribution in [0.5, 0.6) is 0 Å². The maximum absolute atomic E-state index is 6.07. The lowest BCUT2D eigenvalue weighted by molar-refractivity contribution is 1.03. The number of benzene rings is 2. The normalized spacial score (nSPS) is 11.7. The molecule has 0 amide bonds. The fourth-order valence-electron chi connectivity index (χ4n) is 2.39. The van der Waals surface area contributed by atoms with Gasteiger partial charge in [-0.1, -0.05) is 85.5 Å². The summed E-state index contributed by atoms with van der Waals surface area (Å²) in [4.78, 5) is 12.9. The molecule has 0 atom stereocenters. The Balaban J connectivity index is 1.81. The monoisotopic (exact) mass is 359 g/mol. The van der Waals surface area contributed by atoms with Crippen molar-refractivity contribution in [3.63, 3.8) is 0 Å². The molecule has 0 radical (unpaired) electrons. The smallest absolute Gasteiger partial charge is 0.208 e. The Labute approximate surface area is 158 Å². The molecule has 0 aliphatic rings. The molecular weight excluding hydrogens is 342 g/mol. The largest absolute Gasteiger partial charge is 0.226 e. The van der Waals surface area contributed by atoms with Crippen LogP contribution in [0.4, 0.5) is 0 Å². The zero-order chi connectivity index (χ0) is 18.4. The molecule has 0 fully saturated rings. The summed E-state index contributed by atoms with van der Waals surface area (Å²) in [5, 5.41) is 0.152. The second kappa shape index (κ2) is 8.37. The van der Waals surface area contributed by atoms with Crippen LogP contribution in [-0.2, 0) is 0 Å². The van der Waals surface area contributed by atoms with Crippen LogP contribution in [0.15, 0.2) is 85.5 Å². The lowest BCUT2D eigenvalue weighted by Gasteiger charge is -2.04. The topological polar surface area (TPSA) is 38.7 Å². The third kappa shape index (κ3) is 4.52. The summed E-state index contributed by atoms with van der Waals surface area (Å²) in [6, 6.07) is 19.9. The van der Waals surface area contributed by atoms with Crippen LogP contribution >= 0.6 is 11.6 Å². The lowest BCUT2D eigenvalue weighted by Crippen LogP contribution is -1.99. The molecule has 1 heterocycles. The van der Waals surface area contributed by atoms with E-state index in [9.17, 15) is 0 Å². The molecule has 0 aliphatic carbocycles. The number of halogens is 1. The van der Waals surface area contributed by atoms with Gasteiger partial charge in [-0.2, -0.15) is 9.97 Å². The minimum atomic E-state index is 0.152. The van der Waals surface area contributed by atoms with Crippen LogP contribution in [0.3, 0.4) is 0 Å². The van der Waals surface area contributed by atoms with E-state index in [4.69, 9.17) is 11.6 Å². The SMILES string of the molecule is C=C(/C=C\C=C(/C)c1ccccc1)c1nc(Cl)nc(-c2ccccc2)n1. The minimum absolute atomic E-state index is 0.152. The number of allylic oxidation sites excluding steroid dienone is 5. The molecule has 0 spiro atoms. The van der Waals surface area contributed by atoms with Gasteiger partial charge < -0.3 is 0 Å². The van der Waals surface area contributed by atoms with Gasteiger partial charge in [0.15, 0.2) is 11.6 Å². The second-order valence-electron chi connectivity index (χ2n) is 5.72. The second-order valence-corrected chi connectivity index (χ2v) is 6.06. The predicted octanol–water partition coefficient (Wildman–Crippen LogP) is 5.86. The number of nitrogens with zero attached hydrogens (tertiary/aromatic N) is 3.